The Kier molecular flexibility index (Phi) is 14.1. The van der Waals surface area contributed by atoms with Crippen LogP contribution in [0.3, 0.4) is 0 Å². The molecule has 49 heavy (non-hydrogen) atoms. The first-order chi connectivity index (χ1) is 23.1. The second kappa shape index (κ2) is 17.5. The summed E-state index contributed by atoms with van der Waals surface area (Å²) in [5.41, 5.74) is 5.54. The minimum atomic E-state index is -1.06. The number of nitrogens with two attached hydrogens (primary N) is 1. The molecule has 1 aromatic rings. The molecule has 1 aromatic carbocycles. The summed E-state index contributed by atoms with van der Waals surface area (Å²) in [7, 11) is 2.84. The van der Waals surface area contributed by atoms with Crippen molar-refractivity contribution >= 4 is 52.7 Å². The number of allylic oxidation sites excluding steroid dienone is 4. The monoisotopic (exact) mass is 717 g/mol. The molecular weight excluding hydrogens is 677 g/mol. The average Bonchev–Trinajstić information content (AvgIpc) is 3.03. The van der Waals surface area contributed by atoms with Gasteiger partial charge in [0, 0.05) is 53.0 Å². The number of hydrogen-bond acceptors (Lipinski definition) is 9. The van der Waals surface area contributed by atoms with E-state index in [-0.39, 0.29) is 56.9 Å². The summed E-state index contributed by atoms with van der Waals surface area (Å²) in [4.78, 5) is 65.5. The fraction of sp³-hybridized carbons (Fsp3) is 0.400. The molecule has 1 heterocycles. The minimum absolute atomic E-state index is 0.0267. The number of Topliss-reactive ketones (excluding diaryl/α,β-unsaturated/α-hetero) is 1. The van der Waals surface area contributed by atoms with Crippen molar-refractivity contribution in [3.63, 3.8) is 0 Å². The van der Waals surface area contributed by atoms with Crippen LogP contribution in [0.25, 0.3) is 0 Å². The number of nitrogens with one attached hydrogen (secondary N) is 2. The Morgan fingerprint density at radius 3 is 2.29 bits per heavy atom. The first-order valence-corrected chi connectivity index (χ1v) is 16.2. The predicted octanol–water partition coefficient (Wildman–Crippen LogP) is 4.50. The van der Waals surface area contributed by atoms with Crippen molar-refractivity contribution in [3.05, 3.63) is 92.3 Å². The van der Waals surface area contributed by atoms with Crippen molar-refractivity contribution in [1.82, 2.24) is 10.6 Å². The van der Waals surface area contributed by atoms with Gasteiger partial charge in [0.25, 0.3) is 11.8 Å². The number of ketones is 2. The van der Waals surface area contributed by atoms with Crippen LogP contribution >= 0.6 is 23.2 Å². The number of fused-ring (bicyclic) bond motifs is 2. The van der Waals surface area contributed by atoms with E-state index in [9.17, 15) is 29.1 Å². The maximum atomic E-state index is 13.9. The second-order valence-corrected chi connectivity index (χ2v) is 12.9. The Morgan fingerprint density at radius 2 is 1.69 bits per heavy atom. The molecule has 0 saturated heterocycles. The van der Waals surface area contributed by atoms with Gasteiger partial charge >= 0.3 is 6.09 Å². The van der Waals surface area contributed by atoms with Gasteiger partial charge in [0.1, 0.15) is 6.10 Å². The van der Waals surface area contributed by atoms with Gasteiger partial charge in [-0.3, -0.25) is 19.2 Å². The lowest BCUT2D eigenvalue weighted by atomic mass is 9.85. The molecule has 6 atom stereocenters. The summed E-state index contributed by atoms with van der Waals surface area (Å²) in [5, 5.41) is 16.8. The number of methoxy groups -OCH3 is 2. The van der Waals surface area contributed by atoms with Crippen LogP contribution in [-0.4, -0.2) is 73.2 Å². The van der Waals surface area contributed by atoms with Gasteiger partial charge in [-0.1, -0.05) is 61.4 Å². The lowest BCUT2D eigenvalue weighted by Crippen LogP contribution is -2.38. The highest BCUT2D eigenvalue weighted by Gasteiger charge is 2.34. The van der Waals surface area contributed by atoms with Gasteiger partial charge in [0.05, 0.1) is 23.6 Å². The molecule has 5 N–H and O–H groups in total. The normalized spacial score (nSPS) is 28.8. The summed E-state index contributed by atoms with van der Waals surface area (Å²) in [6, 6.07) is 4.17. The molecular formula is C35H41Cl2N3O9. The van der Waals surface area contributed by atoms with E-state index >= 15 is 0 Å². The molecule has 0 radical (unpaired) electrons. The van der Waals surface area contributed by atoms with E-state index in [4.69, 9.17) is 43.1 Å². The number of benzene rings is 1. The van der Waals surface area contributed by atoms with Crippen LogP contribution in [0.1, 0.15) is 50.9 Å². The Balaban J connectivity index is 2.10. The van der Waals surface area contributed by atoms with Crippen molar-refractivity contribution in [2.45, 2.75) is 65.0 Å². The number of ether oxygens (including phenoxy) is 3. The fourth-order valence-electron chi connectivity index (χ4n) is 5.59. The minimum Gasteiger partial charge on any atom is -0.439 e. The molecule has 0 unspecified atom stereocenters. The van der Waals surface area contributed by atoms with Crippen LogP contribution in [0.5, 0.6) is 0 Å². The zero-order valence-electron chi connectivity index (χ0n) is 28.0. The van der Waals surface area contributed by atoms with Crippen molar-refractivity contribution in [1.29, 1.82) is 0 Å². The molecule has 0 aromatic heterocycles. The van der Waals surface area contributed by atoms with Gasteiger partial charge in [0.2, 0.25) is 11.6 Å². The quantitative estimate of drug-likeness (QED) is 0.252. The fourth-order valence-corrected chi connectivity index (χ4v) is 6.12. The number of aliphatic hydroxyl groups excluding tert-OH is 1. The Morgan fingerprint density at radius 1 is 1.04 bits per heavy atom. The average molecular weight is 719 g/mol. The van der Waals surface area contributed by atoms with Gasteiger partial charge < -0.3 is 35.7 Å². The number of halogens is 2. The first-order valence-electron chi connectivity index (χ1n) is 15.4. The summed E-state index contributed by atoms with van der Waals surface area (Å²) in [6.45, 7) is 6.75. The number of amides is 3. The van der Waals surface area contributed by atoms with E-state index in [1.165, 1.54) is 51.5 Å². The molecule has 14 heteroatoms. The molecule has 0 spiro atoms. The standard InChI is InChI=1S/C35H41Cl2N3O9/c1-17-10-24-29(40-34(45)21-13-22(36)15-23(37)14-21)26(41)16-25(31(24)43)39-33(44)18(2)8-7-9-27(47-5)32(49-35(38)46)20(4)12-19(3)30(42)28(11-17)48-6/h7-9,12-17,19,27-28,30,32,42H,10-11H2,1-6H3,(H2,38,46)(H,39,44)(H,40,45)/b9-7-,18-8+,20-12+/t17-,19+,27+,28+,30-,32-/m1/s1. The molecule has 3 rings (SSSR count). The van der Waals surface area contributed by atoms with Gasteiger partial charge in [-0.15, -0.1) is 0 Å². The van der Waals surface area contributed by atoms with Gasteiger partial charge in [-0.05, 0) is 56.4 Å². The lowest BCUT2D eigenvalue weighted by molar-refractivity contribution is -0.120. The van der Waals surface area contributed by atoms with E-state index in [1.807, 2.05) is 0 Å². The maximum Gasteiger partial charge on any atom is 0.405 e. The molecule has 0 saturated carbocycles. The third-order valence-electron chi connectivity index (χ3n) is 8.16. The molecule has 2 bridgehead atoms. The van der Waals surface area contributed by atoms with E-state index < -0.39 is 59.8 Å². The summed E-state index contributed by atoms with van der Waals surface area (Å²) < 4.78 is 16.6. The van der Waals surface area contributed by atoms with Crippen molar-refractivity contribution in [2.75, 3.05) is 14.2 Å². The molecule has 1 aliphatic heterocycles. The predicted molar refractivity (Wildman–Crippen MR) is 183 cm³/mol. The van der Waals surface area contributed by atoms with Gasteiger partial charge in [0.15, 0.2) is 6.10 Å². The molecule has 1 aliphatic carbocycles. The van der Waals surface area contributed by atoms with Crippen LogP contribution in [-0.2, 0) is 28.6 Å². The zero-order chi connectivity index (χ0) is 36.6. The molecule has 12 nitrogen and oxygen atoms in total. The summed E-state index contributed by atoms with van der Waals surface area (Å²) in [5.74, 6) is -3.69. The van der Waals surface area contributed by atoms with E-state index in [0.717, 1.165) is 6.08 Å². The Bertz CT molecular complexity index is 1630. The second-order valence-electron chi connectivity index (χ2n) is 12.0. The van der Waals surface area contributed by atoms with Crippen LogP contribution in [0, 0.1) is 11.8 Å². The summed E-state index contributed by atoms with van der Waals surface area (Å²) in [6.07, 6.45) is 2.74. The zero-order valence-corrected chi connectivity index (χ0v) is 29.6. The molecule has 3 amide bonds. The van der Waals surface area contributed by atoms with Crippen molar-refractivity contribution < 1.29 is 43.3 Å². The highest BCUT2D eigenvalue weighted by Crippen LogP contribution is 2.29. The largest absolute Gasteiger partial charge is 0.439 e. The molecule has 264 valence electrons. The van der Waals surface area contributed by atoms with Gasteiger partial charge in [-0.25, -0.2) is 4.79 Å². The van der Waals surface area contributed by atoms with E-state index in [2.05, 4.69) is 10.6 Å². The van der Waals surface area contributed by atoms with Crippen LogP contribution in [0.2, 0.25) is 10.0 Å². The number of aliphatic hydroxyl groups is 1. The smallest absolute Gasteiger partial charge is 0.405 e. The number of primary amides is 1. The Labute approximate surface area is 295 Å². The topological polar surface area (TPSA) is 183 Å². The highest BCUT2D eigenvalue weighted by atomic mass is 35.5. The van der Waals surface area contributed by atoms with Crippen LogP contribution in [0.4, 0.5) is 4.79 Å². The molecule has 2 aliphatic rings. The van der Waals surface area contributed by atoms with Crippen LogP contribution in [0.15, 0.2) is 76.7 Å². The van der Waals surface area contributed by atoms with E-state index in [0.29, 0.717) is 5.57 Å². The third-order valence-corrected chi connectivity index (χ3v) is 8.59. The Hall–Kier alpha value is -4.07. The van der Waals surface area contributed by atoms with E-state index in [1.54, 1.807) is 32.9 Å². The number of rotatable bonds is 5. The van der Waals surface area contributed by atoms with Crippen LogP contribution < -0.4 is 16.4 Å². The van der Waals surface area contributed by atoms with Crippen molar-refractivity contribution in [2.24, 2.45) is 17.6 Å². The van der Waals surface area contributed by atoms with Crippen molar-refractivity contribution in [3.8, 4) is 0 Å². The number of carbonyl (C=O) groups is 5. The molecule has 0 fully saturated rings. The lowest BCUT2D eigenvalue weighted by Gasteiger charge is -2.30. The third kappa shape index (κ3) is 10.5. The van der Waals surface area contributed by atoms with Gasteiger partial charge in [-0.2, -0.15) is 0 Å². The summed E-state index contributed by atoms with van der Waals surface area (Å²) >= 11 is 12.1. The number of hydrogen-bond donors (Lipinski definition) is 4. The first kappa shape index (κ1) is 39.4. The maximum absolute atomic E-state index is 13.9. The SMILES string of the molecule is CO[C@H]1/C=C\C=C(/C)C(=O)NC2=CC(=O)C(NC(=O)c3cc(Cl)cc(Cl)c3)=C(C[C@@H](C)C[C@H](OC)[C@H](O)[C@@H](C)/C=C(\C)[C@H]1OC(N)=O)C2=O. The highest BCUT2D eigenvalue weighted by molar-refractivity contribution is 6.35. The number of carbonyl (C=O) groups excluding carboxylic acids is 5.